The van der Waals surface area contributed by atoms with Gasteiger partial charge >= 0.3 is 0 Å². The summed E-state index contributed by atoms with van der Waals surface area (Å²) in [5, 5.41) is 11.6. The Balaban J connectivity index is 3.01. The second-order valence-electron chi connectivity index (χ2n) is 3.04. The van der Waals surface area contributed by atoms with Crippen LogP contribution in [0.1, 0.15) is 12.5 Å². The van der Waals surface area contributed by atoms with E-state index in [0.717, 1.165) is 11.3 Å². The normalized spacial score (nSPS) is 11.4. The highest BCUT2D eigenvalue weighted by Gasteiger charge is 2.08. The van der Waals surface area contributed by atoms with Crippen LogP contribution in [-0.4, -0.2) is 17.7 Å². The number of hydrogen-bond acceptors (Lipinski definition) is 2. The first-order valence-corrected chi connectivity index (χ1v) is 4.50. The average Bonchev–Trinajstić information content (AvgIpc) is 2.19. The highest BCUT2D eigenvalue weighted by atomic mass is 16.4. The fraction of sp³-hybridized carbons (Fsp3) is 0.300. The van der Waals surface area contributed by atoms with Crippen molar-refractivity contribution in [3.05, 3.63) is 29.8 Å². The molecule has 3 N–H and O–H groups in total. The van der Waals surface area contributed by atoms with E-state index in [1.807, 2.05) is 38.1 Å². The first-order valence-electron chi connectivity index (χ1n) is 4.50. The van der Waals surface area contributed by atoms with E-state index in [4.69, 9.17) is 10.9 Å². The van der Waals surface area contributed by atoms with E-state index in [9.17, 15) is 0 Å². The zero-order valence-electron chi connectivity index (χ0n) is 8.44. The van der Waals surface area contributed by atoms with Gasteiger partial charge < -0.3 is 15.8 Å². The molecule has 0 atom stereocenters. The van der Waals surface area contributed by atoms with Gasteiger partial charge in [0.15, 0.2) is 0 Å². The molecule has 0 aliphatic carbocycles. The highest BCUT2D eigenvalue weighted by Crippen LogP contribution is 2.14. The number of nitrogens with zero attached hydrogens (tertiary/aromatic N) is 2. The van der Waals surface area contributed by atoms with Gasteiger partial charge in [0.25, 0.3) is 0 Å². The van der Waals surface area contributed by atoms with Gasteiger partial charge in [-0.15, -0.1) is 0 Å². The number of rotatable bonds is 2. The van der Waals surface area contributed by atoms with E-state index < -0.39 is 0 Å². The summed E-state index contributed by atoms with van der Waals surface area (Å²) in [5.41, 5.74) is 7.61. The maximum absolute atomic E-state index is 8.59. The number of anilines is 1. The summed E-state index contributed by atoms with van der Waals surface area (Å²) in [6.07, 6.45) is 0. The summed E-state index contributed by atoms with van der Waals surface area (Å²) in [4.78, 5) is 1.73. The summed E-state index contributed by atoms with van der Waals surface area (Å²) in [5.74, 6) is 0.109. The van der Waals surface area contributed by atoms with Crippen molar-refractivity contribution in [3.8, 4) is 0 Å². The van der Waals surface area contributed by atoms with E-state index >= 15 is 0 Å². The van der Waals surface area contributed by atoms with Crippen LogP contribution < -0.4 is 10.6 Å². The predicted molar refractivity (Wildman–Crippen MR) is 57.6 cm³/mol. The van der Waals surface area contributed by atoms with Crippen molar-refractivity contribution < 1.29 is 5.21 Å². The fourth-order valence-electron chi connectivity index (χ4n) is 1.33. The minimum absolute atomic E-state index is 0.109. The maximum Gasteiger partial charge on any atom is 0.237 e. The smallest absolute Gasteiger partial charge is 0.237 e. The molecule has 0 amide bonds. The lowest BCUT2D eigenvalue weighted by Crippen LogP contribution is -2.37. The summed E-state index contributed by atoms with van der Waals surface area (Å²) < 4.78 is 0. The van der Waals surface area contributed by atoms with Gasteiger partial charge in [0.05, 0.1) is 0 Å². The molecule has 1 rings (SSSR count). The quantitative estimate of drug-likeness (QED) is 0.324. The second kappa shape index (κ2) is 4.50. The molecule has 76 valence electrons. The zero-order chi connectivity index (χ0) is 10.6. The lowest BCUT2D eigenvalue weighted by Gasteiger charge is -2.20. The zero-order valence-corrected chi connectivity index (χ0v) is 8.44. The van der Waals surface area contributed by atoms with Crippen LogP contribution in [0.25, 0.3) is 0 Å². The van der Waals surface area contributed by atoms with Gasteiger partial charge in [0.2, 0.25) is 5.96 Å². The standard InChI is InChI=1S/C10H15N3O/c1-3-13(10(11)12-14)9-6-4-5-8(2)7-9/h4-7,14H,3H2,1-2H3,(H2,11,12). The number of aryl methyl sites for hydroxylation is 1. The third-order valence-electron chi connectivity index (χ3n) is 2.01. The maximum atomic E-state index is 8.59. The van der Waals surface area contributed by atoms with Crippen molar-refractivity contribution in [1.29, 1.82) is 0 Å². The Morgan fingerprint density at radius 2 is 2.29 bits per heavy atom. The van der Waals surface area contributed by atoms with E-state index in [1.165, 1.54) is 0 Å². The van der Waals surface area contributed by atoms with Crippen LogP contribution in [0.5, 0.6) is 0 Å². The molecule has 0 bridgehead atoms. The molecule has 0 fully saturated rings. The summed E-state index contributed by atoms with van der Waals surface area (Å²) in [6.45, 7) is 4.61. The summed E-state index contributed by atoms with van der Waals surface area (Å²) >= 11 is 0. The highest BCUT2D eigenvalue weighted by molar-refractivity contribution is 5.94. The molecule has 0 aliphatic heterocycles. The molecular formula is C10H15N3O. The predicted octanol–water partition coefficient (Wildman–Crippen LogP) is 1.53. The Kier molecular flexibility index (Phi) is 3.34. The first-order chi connectivity index (χ1) is 6.69. The van der Waals surface area contributed by atoms with E-state index in [-0.39, 0.29) is 5.96 Å². The topological polar surface area (TPSA) is 61.8 Å². The molecule has 0 heterocycles. The van der Waals surface area contributed by atoms with Crippen molar-refractivity contribution in [1.82, 2.24) is 0 Å². The molecule has 0 aromatic heterocycles. The third kappa shape index (κ3) is 2.16. The van der Waals surface area contributed by atoms with Crippen LogP contribution in [-0.2, 0) is 0 Å². The first kappa shape index (κ1) is 10.4. The molecule has 0 saturated carbocycles. The molecular weight excluding hydrogens is 178 g/mol. The monoisotopic (exact) mass is 193 g/mol. The van der Waals surface area contributed by atoms with Gasteiger partial charge in [0, 0.05) is 12.2 Å². The largest absolute Gasteiger partial charge is 0.408 e. The lowest BCUT2D eigenvalue weighted by molar-refractivity contribution is 0.317. The van der Waals surface area contributed by atoms with Crippen LogP contribution in [0.15, 0.2) is 29.4 Å². The molecule has 1 aromatic carbocycles. The number of hydrogen-bond donors (Lipinski definition) is 2. The van der Waals surface area contributed by atoms with E-state index in [2.05, 4.69) is 5.16 Å². The molecule has 0 radical (unpaired) electrons. The van der Waals surface area contributed by atoms with Crippen LogP contribution in [0.4, 0.5) is 5.69 Å². The van der Waals surface area contributed by atoms with Gasteiger partial charge in [-0.05, 0) is 31.5 Å². The Bertz CT molecular complexity index is 336. The Morgan fingerprint density at radius 3 is 2.79 bits per heavy atom. The molecule has 1 aromatic rings. The number of oxime groups is 1. The Hall–Kier alpha value is -1.71. The third-order valence-corrected chi connectivity index (χ3v) is 2.01. The number of guanidine groups is 1. The summed E-state index contributed by atoms with van der Waals surface area (Å²) in [7, 11) is 0. The van der Waals surface area contributed by atoms with Crippen LogP contribution >= 0.6 is 0 Å². The van der Waals surface area contributed by atoms with Crippen molar-refractivity contribution in [3.63, 3.8) is 0 Å². The van der Waals surface area contributed by atoms with Gasteiger partial charge in [-0.1, -0.05) is 17.3 Å². The molecule has 4 nitrogen and oxygen atoms in total. The Labute approximate surface area is 83.6 Å². The Morgan fingerprint density at radius 1 is 1.57 bits per heavy atom. The second-order valence-corrected chi connectivity index (χ2v) is 3.04. The van der Waals surface area contributed by atoms with Crippen LogP contribution in [0, 0.1) is 6.92 Å². The molecule has 4 heteroatoms. The van der Waals surface area contributed by atoms with Gasteiger partial charge in [-0.25, -0.2) is 0 Å². The van der Waals surface area contributed by atoms with E-state index in [1.54, 1.807) is 4.90 Å². The molecule has 0 aliphatic rings. The van der Waals surface area contributed by atoms with E-state index in [0.29, 0.717) is 6.54 Å². The molecule has 0 unspecified atom stereocenters. The molecule has 14 heavy (non-hydrogen) atoms. The van der Waals surface area contributed by atoms with Gasteiger partial charge in [-0.3, -0.25) is 0 Å². The van der Waals surface area contributed by atoms with Crippen LogP contribution in [0.2, 0.25) is 0 Å². The SMILES string of the molecule is CCN(/C(N)=N/O)c1cccc(C)c1. The fourth-order valence-corrected chi connectivity index (χ4v) is 1.33. The van der Waals surface area contributed by atoms with Crippen molar-refractivity contribution in [2.45, 2.75) is 13.8 Å². The minimum Gasteiger partial charge on any atom is -0.408 e. The van der Waals surface area contributed by atoms with Crippen LogP contribution in [0.3, 0.4) is 0 Å². The summed E-state index contributed by atoms with van der Waals surface area (Å²) in [6, 6.07) is 7.86. The van der Waals surface area contributed by atoms with Gasteiger partial charge in [0.1, 0.15) is 0 Å². The van der Waals surface area contributed by atoms with Crippen molar-refractivity contribution >= 4 is 11.6 Å². The average molecular weight is 193 g/mol. The molecule has 0 saturated heterocycles. The lowest BCUT2D eigenvalue weighted by atomic mass is 10.2. The van der Waals surface area contributed by atoms with Crippen molar-refractivity contribution in [2.24, 2.45) is 10.9 Å². The number of benzene rings is 1. The minimum atomic E-state index is 0.109. The number of nitrogens with two attached hydrogens (primary N) is 1. The van der Waals surface area contributed by atoms with Gasteiger partial charge in [-0.2, -0.15) is 0 Å². The van der Waals surface area contributed by atoms with Crippen molar-refractivity contribution in [2.75, 3.05) is 11.4 Å². The molecule has 0 spiro atoms.